The van der Waals surface area contributed by atoms with E-state index in [0.29, 0.717) is 11.9 Å². The maximum Gasteiger partial charge on any atom is 0.225 e. The number of Topliss-reactive ketones (excluding diaryl/α,β-unsaturated/α-hetero) is 1. The van der Waals surface area contributed by atoms with E-state index < -0.39 is 43.2 Å². The molecule has 8 heteroatoms. The van der Waals surface area contributed by atoms with Gasteiger partial charge >= 0.3 is 0 Å². The average molecular weight is 329 g/mol. The molecule has 0 bridgehead atoms. The molecule has 0 aromatic rings. The van der Waals surface area contributed by atoms with E-state index in [-0.39, 0.29) is 5.78 Å². The van der Waals surface area contributed by atoms with Crippen LogP contribution < -0.4 is 0 Å². The molecule has 0 saturated carbocycles. The first kappa shape index (κ1) is 19.4. The van der Waals surface area contributed by atoms with Gasteiger partial charge in [-0.15, -0.1) is 0 Å². The highest BCUT2D eigenvalue weighted by Crippen LogP contribution is 2.28. The Labute approximate surface area is 134 Å². The summed E-state index contributed by atoms with van der Waals surface area (Å²) in [6.45, 7) is 5.17. The second-order valence-corrected chi connectivity index (χ2v) is 5.47. The minimum atomic E-state index is -1.22. The lowest BCUT2D eigenvalue weighted by Crippen LogP contribution is -2.46. The lowest BCUT2D eigenvalue weighted by Gasteiger charge is -2.30. The molecule has 0 spiro atoms. The van der Waals surface area contributed by atoms with Gasteiger partial charge in [-0.2, -0.15) is 0 Å². The van der Waals surface area contributed by atoms with Crippen molar-refractivity contribution >= 4 is 18.0 Å². The average Bonchev–Trinajstić information content (AvgIpc) is 2.80. The summed E-state index contributed by atoms with van der Waals surface area (Å²) in [6, 6.07) is 0. The van der Waals surface area contributed by atoms with Crippen LogP contribution in [-0.2, 0) is 23.9 Å². The van der Waals surface area contributed by atoms with E-state index in [1.165, 1.54) is 33.9 Å². The summed E-state index contributed by atoms with van der Waals surface area (Å²) in [5.74, 6) is -0.666. The number of ketones is 1. The minimum absolute atomic E-state index is 0.229. The zero-order valence-corrected chi connectivity index (χ0v) is 13.6. The lowest BCUT2D eigenvalue weighted by atomic mass is 10.1. The highest BCUT2D eigenvalue weighted by molar-refractivity contribution is 5.93. The number of rotatable bonds is 7. The van der Waals surface area contributed by atoms with Gasteiger partial charge in [-0.3, -0.25) is 14.5 Å². The van der Waals surface area contributed by atoms with Crippen LogP contribution in [0.1, 0.15) is 27.7 Å². The first-order chi connectivity index (χ1) is 10.7. The zero-order chi connectivity index (χ0) is 17.7. The van der Waals surface area contributed by atoms with Crippen LogP contribution in [0.2, 0.25) is 0 Å². The molecule has 2 N–H and O–H groups in total. The molecular formula is C15H23NO7. The third-order valence-electron chi connectivity index (χ3n) is 3.58. The number of aliphatic hydroxyl groups excluding tert-OH is 2. The Morgan fingerprint density at radius 2 is 1.96 bits per heavy atom. The van der Waals surface area contributed by atoms with Crippen molar-refractivity contribution in [3.63, 3.8) is 0 Å². The van der Waals surface area contributed by atoms with E-state index in [4.69, 9.17) is 9.47 Å². The number of aldehydes is 1. The normalized spacial score (nSPS) is 29.2. The lowest BCUT2D eigenvalue weighted by molar-refractivity contribution is -0.152. The highest BCUT2D eigenvalue weighted by Gasteiger charge is 2.48. The van der Waals surface area contributed by atoms with Crippen molar-refractivity contribution < 1.29 is 34.1 Å². The summed E-state index contributed by atoms with van der Waals surface area (Å²) in [6.07, 6.45) is -3.25. The fourth-order valence-electron chi connectivity index (χ4n) is 2.16. The molecule has 2 unspecified atom stereocenters. The summed E-state index contributed by atoms with van der Waals surface area (Å²) in [5.41, 5.74) is 0.313. The second-order valence-electron chi connectivity index (χ2n) is 5.47. The Kier molecular flexibility index (Phi) is 7.01. The van der Waals surface area contributed by atoms with Gasteiger partial charge in [0.05, 0.1) is 6.61 Å². The SMILES string of the molecule is CC(=O)/C(C)=C\N(C(C)=O)[C@@H]1O[C@H](CO)C(O)[C@@H]1OC(C)C=O. The van der Waals surface area contributed by atoms with Crippen LogP contribution in [0.15, 0.2) is 11.8 Å². The number of hydrogen-bond donors (Lipinski definition) is 2. The molecule has 1 amide bonds. The molecule has 1 aliphatic heterocycles. The van der Waals surface area contributed by atoms with Crippen molar-refractivity contribution in [2.24, 2.45) is 0 Å². The summed E-state index contributed by atoms with van der Waals surface area (Å²) in [5, 5.41) is 19.5. The number of aliphatic hydroxyl groups is 2. The van der Waals surface area contributed by atoms with Gasteiger partial charge in [0, 0.05) is 18.7 Å². The molecule has 0 aliphatic carbocycles. The number of nitrogens with zero attached hydrogens (tertiary/aromatic N) is 1. The van der Waals surface area contributed by atoms with E-state index in [9.17, 15) is 24.6 Å². The van der Waals surface area contributed by atoms with Crippen molar-refractivity contribution in [2.45, 2.75) is 58.3 Å². The molecule has 0 radical (unpaired) electrons. The number of carbonyl (C=O) groups excluding carboxylic acids is 3. The van der Waals surface area contributed by atoms with Gasteiger partial charge in [-0.05, 0) is 20.8 Å². The zero-order valence-electron chi connectivity index (χ0n) is 13.6. The molecule has 23 heavy (non-hydrogen) atoms. The molecule has 0 aromatic carbocycles. The van der Waals surface area contributed by atoms with Crippen LogP contribution >= 0.6 is 0 Å². The number of allylic oxidation sites excluding steroid dienone is 1. The van der Waals surface area contributed by atoms with Crippen LogP contribution in [0.4, 0.5) is 0 Å². The molecule has 1 saturated heterocycles. The first-order valence-corrected chi connectivity index (χ1v) is 7.26. The smallest absolute Gasteiger partial charge is 0.225 e. The first-order valence-electron chi connectivity index (χ1n) is 7.26. The molecule has 8 nitrogen and oxygen atoms in total. The standard InChI is InChI=1S/C15H23NO7/c1-8(10(3)19)5-16(11(4)20)15-14(22-9(2)6-17)13(21)12(7-18)23-15/h5-6,9,12-15,18,21H,7H2,1-4H3/b8-5-/t9?,12-,13?,14+,15-/m1/s1. The third kappa shape index (κ3) is 4.68. The van der Waals surface area contributed by atoms with Crippen molar-refractivity contribution in [3.05, 3.63) is 11.8 Å². The van der Waals surface area contributed by atoms with Gasteiger partial charge in [0.2, 0.25) is 5.91 Å². The molecular weight excluding hydrogens is 306 g/mol. The summed E-state index contributed by atoms with van der Waals surface area (Å²) >= 11 is 0. The number of hydrogen-bond acceptors (Lipinski definition) is 7. The summed E-state index contributed by atoms with van der Waals surface area (Å²) in [7, 11) is 0. The quantitative estimate of drug-likeness (QED) is 0.472. The minimum Gasteiger partial charge on any atom is -0.394 e. The molecule has 130 valence electrons. The topological polar surface area (TPSA) is 113 Å². The van der Waals surface area contributed by atoms with Gasteiger partial charge in [0.25, 0.3) is 0 Å². The van der Waals surface area contributed by atoms with Crippen LogP contribution in [0.3, 0.4) is 0 Å². The number of carbonyl (C=O) groups is 3. The molecule has 1 aliphatic rings. The van der Waals surface area contributed by atoms with Gasteiger partial charge < -0.3 is 24.5 Å². The Morgan fingerprint density at radius 3 is 2.39 bits per heavy atom. The monoisotopic (exact) mass is 329 g/mol. The molecule has 0 aromatic heterocycles. The van der Waals surface area contributed by atoms with Crippen LogP contribution in [0.25, 0.3) is 0 Å². The molecule has 5 atom stereocenters. The van der Waals surface area contributed by atoms with Crippen LogP contribution in [0, 0.1) is 0 Å². The number of ether oxygens (including phenoxy) is 2. The highest BCUT2D eigenvalue weighted by atomic mass is 16.6. The fourth-order valence-corrected chi connectivity index (χ4v) is 2.16. The Hall–Kier alpha value is -1.61. The van der Waals surface area contributed by atoms with E-state index in [1.54, 1.807) is 0 Å². The van der Waals surface area contributed by atoms with Crippen molar-refractivity contribution in [1.29, 1.82) is 0 Å². The van der Waals surface area contributed by atoms with E-state index in [0.717, 1.165) is 4.90 Å². The Bertz CT molecular complexity index is 490. The predicted octanol–water partition coefficient (Wildman–Crippen LogP) is -0.622. The number of amides is 1. The maximum atomic E-state index is 11.9. The van der Waals surface area contributed by atoms with Crippen molar-refractivity contribution in [2.75, 3.05) is 6.61 Å². The van der Waals surface area contributed by atoms with Gasteiger partial charge in [-0.25, -0.2) is 0 Å². The van der Waals surface area contributed by atoms with Crippen molar-refractivity contribution in [1.82, 2.24) is 4.90 Å². The summed E-state index contributed by atoms with van der Waals surface area (Å²) < 4.78 is 10.9. The summed E-state index contributed by atoms with van der Waals surface area (Å²) in [4.78, 5) is 35.2. The molecule has 1 heterocycles. The van der Waals surface area contributed by atoms with E-state index in [1.807, 2.05) is 0 Å². The van der Waals surface area contributed by atoms with Crippen LogP contribution in [-0.4, -0.2) is 70.3 Å². The van der Waals surface area contributed by atoms with E-state index >= 15 is 0 Å². The molecule has 1 fully saturated rings. The Morgan fingerprint density at radius 1 is 1.35 bits per heavy atom. The van der Waals surface area contributed by atoms with E-state index in [2.05, 4.69) is 0 Å². The third-order valence-corrected chi connectivity index (χ3v) is 3.58. The second kappa shape index (κ2) is 8.30. The van der Waals surface area contributed by atoms with Gasteiger partial charge in [-0.1, -0.05) is 0 Å². The Balaban J connectivity index is 3.14. The van der Waals surface area contributed by atoms with Gasteiger partial charge in [0.15, 0.2) is 12.0 Å². The van der Waals surface area contributed by atoms with Crippen molar-refractivity contribution in [3.8, 4) is 0 Å². The fraction of sp³-hybridized carbons (Fsp3) is 0.667. The predicted molar refractivity (Wildman–Crippen MR) is 79.1 cm³/mol. The maximum absolute atomic E-state index is 11.9. The van der Waals surface area contributed by atoms with Crippen LogP contribution in [0.5, 0.6) is 0 Å². The molecule has 1 rings (SSSR count). The largest absolute Gasteiger partial charge is 0.394 e. The van der Waals surface area contributed by atoms with Gasteiger partial charge in [0.1, 0.15) is 30.7 Å².